The van der Waals surface area contributed by atoms with Crippen LogP contribution in [0.1, 0.15) is 27.7 Å². The zero-order valence-corrected chi connectivity index (χ0v) is 13.0. The minimum Gasteiger partial charge on any atom is -0.454 e. The maximum absolute atomic E-state index is 12.4. The molecule has 2 aromatic carbocycles. The van der Waals surface area contributed by atoms with Gasteiger partial charge >= 0.3 is 0 Å². The van der Waals surface area contributed by atoms with E-state index in [1.54, 1.807) is 18.2 Å². The highest BCUT2D eigenvalue weighted by Crippen LogP contribution is 2.33. The van der Waals surface area contributed by atoms with Gasteiger partial charge in [-0.25, -0.2) is 0 Å². The molecule has 1 aliphatic heterocycles. The quantitative estimate of drug-likeness (QED) is 0.849. The smallest absolute Gasteiger partial charge is 0.255 e. The number of fused-ring (bicyclic) bond motifs is 1. The number of halogens is 1. The summed E-state index contributed by atoms with van der Waals surface area (Å²) in [6.07, 6.45) is 0. The number of carbonyl (C=O) groups is 1. The van der Waals surface area contributed by atoms with Crippen LogP contribution in [0.4, 0.5) is 5.69 Å². The van der Waals surface area contributed by atoms with Crippen molar-refractivity contribution >= 4 is 27.5 Å². The van der Waals surface area contributed by atoms with Crippen molar-refractivity contribution in [3.63, 3.8) is 0 Å². The van der Waals surface area contributed by atoms with Crippen LogP contribution in [0.25, 0.3) is 0 Å². The van der Waals surface area contributed by atoms with Crippen LogP contribution in [0.15, 0.2) is 42.5 Å². The minimum absolute atomic E-state index is 0.158. The third-order valence-corrected chi connectivity index (χ3v) is 3.77. The van der Waals surface area contributed by atoms with E-state index in [0.29, 0.717) is 17.1 Å². The summed E-state index contributed by atoms with van der Waals surface area (Å²) >= 11 is 3.53. The summed E-state index contributed by atoms with van der Waals surface area (Å²) in [5.41, 5.74) is 2.37. The number of alkyl halides is 1. The van der Waals surface area contributed by atoms with E-state index in [0.717, 1.165) is 11.3 Å². The van der Waals surface area contributed by atoms with Crippen LogP contribution in [-0.2, 0) is 0 Å². The maximum atomic E-state index is 12.4. The van der Waals surface area contributed by atoms with Gasteiger partial charge in [0.15, 0.2) is 11.5 Å². The second kappa shape index (κ2) is 5.77. The molecule has 0 aliphatic carbocycles. The monoisotopic (exact) mass is 347 g/mol. The average Bonchev–Trinajstić information content (AvgIpc) is 2.94. The molecule has 4 nitrogen and oxygen atoms in total. The zero-order valence-electron chi connectivity index (χ0n) is 11.4. The van der Waals surface area contributed by atoms with Crippen LogP contribution < -0.4 is 14.8 Å². The number of hydrogen-bond donors (Lipinski definition) is 1. The van der Waals surface area contributed by atoms with Gasteiger partial charge in [0, 0.05) is 16.1 Å². The Balaban J connectivity index is 1.84. The number of hydrogen-bond acceptors (Lipinski definition) is 3. The van der Waals surface area contributed by atoms with Gasteiger partial charge in [0.05, 0.1) is 0 Å². The molecule has 3 rings (SSSR count). The van der Waals surface area contributed by atoms with Crippen molar-refractivity contribution in [3.8, 4) is 11.5 Å². The van der Waals surface area contributed by atoms with E-state index >= 15 is 0 Å². The van der Waals surface area contributed by atoms with E-state index in [4.69, 9.17) is 9.47 Å². The highest BCUT2D eigenvalue weighted by Gasteiger charge is 2.17. The molecule has 0 aromatic heterocycles. The molecule has 1 heterocycles. The normalized spacial score (nSPS) is 13.8. The molecule has 0 spiro atoms. The van der Waals surface area contributed by atoms with Gasteiger partial charge in [0.25, 0.3) is 5.91 Å². The van der Waals surface area contributed by atoms with Crippen LogP contribution in [-0.4, -0.2) is 12.7 Å². The Morgan fingerprint density at radius 3 is 2.76 bits per heavy atom. The molecule has 0 fully saturated rings. The van der Waals surface area contributed by atoms with Gasteiger partial charge in [-0.05, 0) is 36.8 Å². The first-order valence-electron chi connectivity index (χ1n) is 6.59. The molecular weight excluding hydrogens is 334 g/mol. The first-order valence-corrected chi connectivity index (χ1v) is 7.51. The molecular formula is C16H14BrNO3. The van der Waals surface area contributed by atoms with Crippen molar-refractivity contribution < 1.29 is 14.3 Å². The van der Waals surface area contributed by atoms with Gasteiger partial charge in [0.2, 0.25) is 6.79 Å². The Hall–Kier alpha value is -2.01. The fourth-order valence-electron chi connectivity index (χ4n) is 2.19. The van der Waals surface area contributed by atoms with E-state index in [9.17, 15) is 4.79 Å². The minimum atomic E-state index is -0.172. The predicted octanol–water partition coefficient (Wildman–Crippen LogP) is 4.12. The summed E-state index contributed by atoms with van der Waals surface area (Å²) in [4.78, 5) is 12.5. The Kier molecular flexibility index (Phi) is 3.84. The Morgan fingerprint density at radius 1 is 1.19 bits per heavy atom. The number of amides is 1. The average molecular weight is 348 g/mol. The van der Waals surface area contributed by atoms with Crippen molar-refractivity contribution in [2.24, 2.45) is 0 Å². The second-order valence-corrected chi connectivity index (χ2v) is 6.10. The Bertz CT molecular complexity index is 685. The molecule has 1 N–H and O–H groups in total. The van der Waals surface area contributed by atoms with Crippen molar-refractivity contribution in [3.05, 3.63) is 53.6 Å². The number of ether oxygens (including phenoxy) is 2. The highest BCUT2D eigenvalue weighted by atomic mass is 79.9. The largest absolute Gasteiger partial charge is 0.454 e. The van der Waals surface area contributed by atoms with E-state index in [-0.39, 0.29) is 17.5 Å². The third kappa shape index (κ3) is 2.88. The molecule has 2 aromatic rings. The topological polar surface area (TPSA) is 47.6 Å². The summed E-state index contributed by atoms with van der Waals surface area (Å²) in [5, 5.41) is 2.93. The van der Waals surface area contributed by atoms with Crippen molar-refractivity contribution in [1.82, 2.24) is 0 Å². The first-order chi connectivity index (χ1) is 10.1. The van der Waals surface area contributed by atoms with E-state index < -0.39 is 0 Å². The Morgan fingerprint density at radius 2 is 1.95 bits per heavy atom. The lowest BCUT2D eigenvalue weighted by Gasteiger charge is -2.12. The van der Waals surface area contributed by atoms with Gasteiger partial charge in [-0.2, -0.15) is 0 Å². The lowest BCUT2D eigenvalue weighted by molar-refractivity contribution is 0.102. The zero-order chi connectivity index (χ0) is 14.8. The number of anilines is 1. The van der Waals surface area contributed by atoms with Crippen molar-refractivity contribution in [1.29, 1.82) is 0 Å². The molecule has 0 bridgehead atoms. The fourth-order valence-corrected chi connectivity index (χ4v) is 2.59. The van der Waals surface area contributed by atoms with Crippen molar-refractivity contribution in [2.45, 2.75) is 11.8 Å². The molecule has 0 radical (unpaired) electrons. The van der Waals surface area contributed by atoms with E-state index in [1.165, 1.54) is 0 Å². The highest BCUT2D eigenvalue weighted by molar-refractivity contribution is 9.09. The molecule has 1 atom stereocenters. The van der Waals surface area contributed by atoms with Gasteiger partial charge in [0.1, 0.15) is 0 Å². The molecule has 108 valence electrons. The number of para-hydroxylation sites is 1. The lowest BCUT2D eigenvalue weighted by atomic mass is 10.1. The van der Waals surface area contributed by atoms with Crippen LogP contribution >= 0.6 is 15.9 Å². The molecule has 1 amide bonds. The van der Waals surface area contributed by atoms with Gasteiger partial charge in [-0.1, -0.05) is 34.1 Å². The van der Waals surface area contributed by atoms with Crippen LogP contribution in [0.5, 0.6) is 11.5 Å². The molecule has 1 unspecified atom stereocenters. The molecule has 0 saturated carbocycles. The van der Waals surface area contributed by atoms with Gasteiger partial charge in [-0.15, -0.1) is 0 Å². The fraction of sp³-hybridized carbons (Fsp3) is 0.188. The summed E-state index contributed by atoms with van der Waals surface area (Å²) in [6, 6.07) is 12.9. The summed E-state index contributed by atoms with van der Waals surface area (Å²) in [7, 11) is 0. The van der Waals surface area contributed by atoms with Crippen LogP contribution in [0.3, 0.4) is 0 Å². The van der Waals surface area contributed by atoms with E-state index in [1.807, 2.05) is 31.2 Å². The standard InChI is InChI=1S/C16H14BrNO3/c1-10(17)12-4-2-3-5-13(12)18-16(19)11-6-7-14-15(8-11)21-9-20-14/h2-8,10H,9H2,1H3,(H,18,19). The number of carbonyl (C=O) groups excluding carboxylic acids is 1. The van der Waals surface area contributed by atoms with Crippen molar-refractivity contribution in [2.75, 3.05) is 12.1 Å². The SMILES string of the molecule is CC(Br)c1ccccc1NC(=O)c1ccc2c(c1)OCO2. The molecule has 5 heteroatoms. The predicted molar refractivity (Wildman–Crippen MR) is 84.3 cm³/mol. The first kappa shape index (κ1) is 13.9. The van der Waals surface area contributed by atoms with Gasteiger partial charge < -0.3 is 14.8 Å². The molecule has 21 heavy (non-hydrogen) atoms. The third-order valence-electron chi connectivity index (χ3n) is 3.27. The molecule has 0 saturated heterocycles. The van der Waals surface area contributed by atoms with Crippen LogP contribution in [0, 0.1) is 0 Å². The maximum Gasteiger partial charge on any atom is 0.255 e. The summed E-state index contributed by atoms with van der Waals surface area (Å²) < 4.78 is 10.5. The Labute approximate surface area is 131 Å². The van der Waals surface area contributed by atoms with Gasteiger partial charge in [-0.3, -0.25) is 4.79 Å². The summed E-state index contributed by atoms with van der Waals surface area (Å²) in [5.74, 6) is 1.10. The number of nitrogens with one attached hydrogen (secondary N) is 1. The number of rotatable bonds is 3. The van der Waals surface area contributed by atoms with E-state index in [2.05, 4.69) is 21.2 Å². The molecule has 1 aliphatic rings. The second-order valence-electron chi connectivity index (χ2n) is 4.73. The lowest BCUT2D eigenvalue weighted by Crippen LogP contribution is -2.13. The van der Waals surface area contributed by atoms with Crippen LogP contribution in [0.2, 0.25) is 0 Å². The summed E-state index contributed by atoms with van der Waals surface area (Å²) in [6.45, 7) is 2.22. The number of benzene rings is 2.